The maximum atomic E-state index is 12.7. The van der Waals surface area contributed by atoms with Crippen molar-refractivity contribution in [2.24, 2.45) is 0 Å². The van der Waals surface area contributed by atoms with Crippen molar-refractivity contribution in [3.05, 3.63) is 64.2 Å². The van der Waals surface area contributed by atoms with Gasteiger partial charge >= 0.3 is 0 Å². The number of benzene rings is 2. The van der Waals surface area contributed by atoms with Crippen molar-refractivity contribution in [2.45, 2.75) is 60.1 Å². The van der Waals surface area contributed by atoms with E-state index < -0.39 is 6.10 Å². The molecule has 0 spiro atoms. The Morgan fingerprint density at radius 1 is 1.00 bits per heavy atom. The first-order valence-corrected chi connectivity index (χ1v) is 8.93. The van der Waals surface area contributed by atoms with Crippen LogP contribution in [0.1, 0.15) is 54.1 Å². The van der Waals surface area contributed by atoms with Crippen LogP contribution in [0, 0.1) is 27.7 Å². The molecule has 0 heterocycles. The van der Waals surface area contributed by atoms with Gasteiger partial charge in [-0.1, -0.05) is 37.3 Å². The fourth-order valence-corrected chi connectivity index (χ4v) is 2.73. The van der Waals surface area contributed by atoms with Gasteiger partial charge in [0.05, 0.1) is 6.04 Å². The van der Waals surface area contributed by atoms with Crippen LogP contribution in [-0.4, -0.2) is 12.0 Å². The fraction of sp³-hybridized carbons (Fsp3) is 0.409. The van der Waals surface area contributed by atoms with Crippen LogP contribution in [0.2, 0.25) is 0 Å². The highest BCUT2D eigenvalue weighted by molar-refractivity contribution is 5.81. The van der Waals surface area contributed by atoms with Gasteiger partial charge in [0, 0.05) is 0 Å². The molecule has 1 N–H and O–H groups in total. The molecule has 0 aliphatic carbocycles. The molecule has 0 radical (unpaired) electrons. The SMILES string of the molecule is CC[C@@H](Oc1cc(C)ccc1C)C(=O)N[C@@H](C)c1ccc(C)c(C)c1. The number of amides is 1. The second-order valence-electron chi connectivity index (χ2n) is 6.86. The minimum absolute atomic E-state index is 0.0527. The first-order valence-electron chi connectivity index (χ1n) is 8.93. The van der Waals surface area contributed by atoms with Gasteiger partial charge in [0.1, 0.15) is 5.75 Å². The summed E-state index contributed by atoms with van der Waals surface area (Å²) < 4.78 is 6.00. The van der Waals surface area contributed by atoms with Crippen LogP contribution in [0.4, 0.5) is 0 Å². The predicted molar refractivity (Wildman–Crippen MR) is 103 cm³/mol. The molecule has 3 nitrogen and oxygen atoms in total. The molecule has 1 amide bonds. The van der Waals surface area contributed by atoms with Crippen molar-refractivity contribution < 1.29 is 9.53 Å². The fourth-order valence-electron chi connectivity index (χ4n) is 2.73. The predicted octanol–water partition coefficient (Wildman–Crippen LogP) is 4.96. The van der Waals surface area contributed by atoms with E-state index in [0.717, 1.165) is 22.4 Å². The lowest BCUT2D eigenvalue weighted by molar-refractivity contribution is -0.128. The Kier molecular flexibility index (Phi) is 6.24. The van der Waals surface area contributed by atoms with E-state index in [1.165, 1.54) is 11.1 Å². The van der Waals surface area contributed by atoms with E-state index >= 15 is 0 Å². The lowest BCUT2D eigenvalue weighted by Gasteiger charge is -2.22. The molecule has 2 aromatic rings. The molecular weight excluding hydrogens is 310 g/mol. The Morgan fingerprint density at radius 2 is 1.68 bits per heavy atom. The highest BCUT2D eigenvalue weighted by Gasteiger charge is 2.21. The van der Waals surface area contributed by atoms with E-state index in [2.05, 4.69) is 37.4 Å². The first kappa shape index (κ1) is 19.0. The second-order valence-corrected chi connectivity index (χ2v) is 6.86. The summed E-state index contributed by atoms with van der Waals surface area (Å²) in [6.45, 7) is 12.2. The Labute approximate surface area is 151 Å². The van der Waals surface area contributed by atoms with Gasteiger partial charge in [0.15, 0.2) is 6.10 Å². The molecule has 3 heteroatoms. The van der Waals surface area contributed by atoms with E-state index in [-0.39, 0.29) is 11.9 Å². The largest absolute Gasteiger partial charge is 0.480 e. The first-order chi connectivity index (χ1) is 11.8. The molecular formula is C22H29NO2. The number of rotatable bonds is 6. The van der Waals surface area contributed by atoms with Crippen molar-refractivity contribution >= 4 is 5.91 Å². The van der Waals surface area contributed by atoms with Crippen LogP contribution in [0.3, 0.4) is 0 Å². The van der Waals surface area contributed by atoms with E-state index in [4.69, 9.17) is 4.74 Å². The normalized spacial score (nSPS) is 13.2. The zero-order chi connectivity index (χ0) is 18.6. The highest BCUT2D eigenvalue weighted by Crippen LogP contribution is 2.22. The molecule has 2 aromatic carbocycles. The van der Waals surface area contributed by atoms with Crippen LogP contribution in [0.5, 0.6) is 5.75 Å². The summed E-state index contributed by atoms with van der Waals surface area (Å²) in [4.78, 5) is 12.7. The topological polar surface area (TPSA) is 38.3 Å². The quantitative estimate of drug-likeness (QED) is 0.808. The molecule has 0 aliphatic rings. The smallest absolute Gasteiger partial charge is 0.261 e. The monoisotopic (exact) mass is 339 g/mol. The number of carbonyl (C=O) groups is 1. The molecule has 0 unspecified atom stereocenters. The number of nitrogens with one attached hydrogen (secondary N) is 1. The Morgan fingerprint density at radius 3 is 2.32 bits per heavy atom. The van der Waals surface area contributed by atoms with E-state index in [1.54, 1.807) is 0 Å². The summed E-state index contributed by atoms with van der Waals surface area (Å²) in [5.41, 5.74) is 5.76. The summed E-state index contributed by atoms with van der Waals surface area (Å²) >= 11 is 0. The van der Waals surface area contributed by atoms with Crippen molar-refractivity contribution in [3.63, 3.8) is 0 Å². The molecule has 0 saturated heterocycles. The minimum atomic E-state index is -0.491. The lowest BCUT2D eigenvalue weighted by Crippen LogP contribution is -2.39. The third-order valence-electron chi connectivity index (χ3n) is 4.67. The Bertz CT molecular complexity index is 752. The highest BCUT2D eigenvalue weighted by atomic mass is 16.5. The van der Waals surface area contributed by atoms with Crippen LogP contribution >= 0.6 is 0 Å². The maximum Gasteiger partial charge on any atom is 0.261 e. The molecule has 0 aliphatic heterocycles. The summed E-state index contributed by atoms with van der Waals surface area (Å²) in [6.07, 6.45) is 0.133. The maximum absolute atomic E-state index is 12.7. The summed E-state index contributed by atoms with van der Waals surface area (Å²) in [7, 11) is 0. The average molecular weight is 339 g/mol. The van der Waals surface area contributed by atoms with Gasteiger partial charge in [0.2, 0.25) is 0 Å². The molecule has 134 valence electrons. The average Bonchev–Trinajstić information content (AvgIpc) is 2.57. The van der Waals surface area contributed by atoms with Crippen LogP contribution in [0.25, 0.3) is 0 Å². The summed E-state index contributed by atoms with van der Waals surface area (Å²) in [6, 6.07) is 12.3. The van der Waals surface area contributed by atoms with Crippen molar-refractivity contribution in [1.82, 2.24) is 5.32 Å². The third-order valence-corrected chi connectivity index (χ3v) is 4.67. The van der Waals surface area contributed by atoms with Gasteiger partial charge in [-0.3, -0.25) is 4.79 Å². The molecule has 2 rings (SSSR count). The third kappa shape index (κ3) is 4.85. The standard InChI is InChI=1S/C22H29NO2/c1-7-20(25-21-12-14(2)8-9-16(21)4)22(24)23-18(6)19-11-10-15(3)17(5)13-19/h8-13,18,20H,7H2,1-6H3,(H,23,24)/t18-,20+/m0/s1. The van der Waals surface area contributed by atoms with E-state index in [1.807, 2.05) is 45.9 Å². The lowest BCUT2D eigenvalue weighted by atomic mass is 10.0. The Balaban J connectivity index is 2.08. The van der Waals surface area contributed by atoms with Gasteiger partial charge in [-0.15, -0.1) is 0 Å². The van der Waals surface area contributed by atoms with Crippen molar-refractivity contribution in [3.8, 4) is 5.75 Å². The van der Waals surface area contributed by atoms with Gasteiger partial charge in [-0.05, 0) is 74.9 Å². The van der Waals surface area contributed by atoms with Gasteiger partial charge < -0.3 is 10.1 Å². The van der Waals surface area contributed by atoms with Gasteiger partial charge in [0.25, 0.3) is 5.91 Å². The summed E-state index contributed by atoms with van der Waals surface area (Å²) in [5, 5.41) is 3.08. The molecule has 0 fully saturated rings. The van der Waals surface area contributed by atoms with Gasteiger partial charge in [-0.25, -0.2) is 0 Å². The number of hydrogen-bond acceptors (Lipinski definition) is 2. The number of hydrogen-bond donors (Lipinski definition) is 1. The van der Waals surface area contributed by atoms with E-state index in [9.17, 15) is 4.79 Å². The zero-order valence-electron chi connectivity index (χ0n) is 16.1. The zero-order valence-corrected chi connectivity index (χ0v) is 16.1. The Hall–Kier alpha value is -2.29. The molecule has 0 aromatic heterocycles. The molecule has 2 atom stereocenters. The molecule has 25 heavy (non-hydrogen) atoms. The number of aryl methyl sites for hydroxylation is 4. The van der Waals surface area contributed by atoms with Crippen molar-refractivity contribution in [1.29, 1.82) is 0 Å². The second kappa shape index (κ2) is 8.19. The van der Waals surface area contributed by atoms with E-state index in [0.29, 0.717) is 6.42 Å². The van der Waals surface area contributed by atoms with Gasteiger partial charge in [-0.2, -0.15) is 0 Å². The van der Waals surface area contributed by atoms with Crippen LogP contribution < -0.4 is 10.1 Å². The molecule has 0 bridgehead atoms. The molecule has 0 saturated carbocycles. The van der Waals surface area contributed by atoms with Crippen molar-refractivity contribution in [2.75, 3.05) is 0 Å². The number of ether oxygens (including phenoxy) is 1. The number of carbonyl (C=O) groups excluding carboxylic acids is 1. The summed E-state index contributed by atoms with van der Waals surface area (Å²) in [5.74, 6) is 0.704. The minimum Gasteiger partial charge on any atom is -0.480 e. The van der Waals surface area contributed by atoms with Crippen LogP contribution in [-0.2, 0) is 4.79 Å². The van der Waals surface area contributed by atoms with Crippen LogP contribution in [0.15, 0.2) is 36.4 Å².